The van der Waals surface area contributed by atoms with E-state index >= 15 is 0 Å². The lowest BCUT2D eigenvalue weighted by atomic mass is 10.4. The Morgan fingerprint density at radius 2 is 2.12 bits per heavy atom. The second-order valence-corrected chi connectivity index (χ2v) is 5.97. The third kappa shape index (κ3) is 4.14. The van der Waals surface area contributed by atoms with Crippen molar-refractivity contribution in [1.82, 2.24) is 19.7 Å². The van der Waals surface area contributed by atoms with Gasteiger partial charge in [-0.25, -0.2) is 9.67 Å². The Morgan fingerprint density at radius 1 is 1.35 bits per heavy atom. The lowest BCUT2D eigenvalue weighted by Gasteiger charge is -2.28. The lowest BCUT2D eigenvalue weighted by Crippen LogP contribution is -2.37. The maximum absolute atomic E-state index is 12.3. The van der Waals surface area contributed by atoms with Crippen LogP contribution in [0.3, 0.4) is 0 Å². The molecule has 3 heterocycles. The summed E-state index contributed by atoms with van der Waals surface area (Å²) in [5, 5.41) is 6.63. The van der Waals surface area contributed by atoms with E-state index in [1.165, 1.54) is 18.3 Å². The van der Waals surface area contributed by atoms with Crippen LogP contribution in [0.1, 0.15) is 0 Å². The Hall–Kier alpha value is -3.01. The van der Waals surface area contributed by atoms with Gasteiger partial charge in [-0.15, -0.1) is 0 Å². The van der Waals surface area contributed by atoms with Gasteiger partial charge >= 0.3 is 0 Å². The first-order valence-corrected chi connectivity index (χ1v) is 8.23. The number of nitrogens with zero attached hydrogens (tertiary/aromatic N) is 6. The van der Waals surface area contributed by atoms with E-state index in [0.717, 1.165) is 17.8 Å². The van der Waals surface area contributed by atoms with Crippen LogP contribution in [0, 0.1) is 0 Å². The SMILES string of the molecule is CN(C)c1nc(N2CCOCC2)ncc1NC(=O)Cn1ncccc1=O. The van der Waals surface area contributed by atoms with Gasteiger partial charge in [-0.05, 0) is 6.07 Å². The molecule has 0 bridgehead atoms. The molecular weight excluding hydrogens is 338 g/mol. The van der Waals surface area contributed by atoms with E-state index in [9.17, 15) is 9.59 Å². The van der Waals surface area contributed by atoms with Gasteiger partial charge in [0.15, 0.2) is 5.82 Å². The van der Waals surface area contributed by atoms with Crippen LogP contribution in [0.15, 0.2) is 29.3 Å². The van der Waals surface area contributed by atoms with Crippen LogP contribution in [0.25, 0.3) is 0 Å². The fourth-order valence-corrected chi connectivity index (χ4v) is 2.54. The number of amides is 1. The van der Waals surface area contributed by atoms with Gasteiger partial charge < -0.3 is 19.9 Å². The minimum atomic E-state index is -0.378. The quantitative estimate of drug-likeness (QED) is 0.767. The third-order valence-corrected chi connectivity index (χ3v) is 3.83. The maximum atomic E-state index is 12.3. The normalized spacial score (nSPS) is 14.2. The molecule has 2 aromatic heterocycles. The first-order chi connectivity index (χ1) is 12.5. The largest absolute Gasteiger partial charge is 0.378 e. The molecule has 1 aliphatic heterocycles. The molecule has 10 heteroatoms. The number of aromatic nitrogens is 4. The molecule has 1 saturated heterocycles. The van der Waals surface area contributed by atoms with Crippen LogP contribution in [-0.2, 0) is 16.1 Å². The standard InChI is InChI=1S/C16H21N7O3/c1-21(2)15-12(10-17-16(20-15)22-6-8-26-9-7-22)19-13(24)11-23-14(25)4-3-5-18-23/h3-5,10H,6-9,11H2,1-2H3,(H,19,24). The van der Waals surface area contributed by atoms with Gasteiger partial charge in [-0.2, -0.15) is 10.1 Å². The fourth-order valence-electron chi connectivity index (χ4n) is 2.54. The van der Waals surface area contributed by atoms with Gasteiger partial charge in [0.25, 0.3) is 5.56 Å². The summed E-state index contributed by atoms with van der Waals surface area (Å²) in [6.45, 7) is 2.54. The average molecular weight is 359 g/mol. The molecule has 0 atom stereocenters. The van der Waals surface area contributed by atoms with Crippen molar-refractivity contribution in [1.29, 1.82) is 0 Å². The average Bonchev–Trinajstić information content (AvgIpc) is 2.64. The summed E-state index contributed by atoms with van der Waals surface area (Å²) in [6, 6.07) is 2.88. The second-order valence-electron chi connectivity index (χ2n) is 5.97. The number of rotatable bonds is 5. The zero-order valence-electron chi connectivity index (χ0n) is 14.8. The highest BCUT2D eigenvalue weighted by Gasteiger charge is 2.18. The minimum Gasteiger partial charge on any atom is -0.378 e. The van der Waals surface area contributed by atoms with E-state index in [4.69, 9.17) is 4.74 Å². The molecule has 138 valence electrons. The number of carbonyl (C=O) groups is 1. The molecule has 2 aromatic rings. The Kier molecular flexibility index (Phi) is 5.42. The first-order valence-electron chi connectivity index (χ1n) is 8.23. The third-order valence-electron chi connectivity index (χ3n) is 3.83. The predicted molar refractivity (Wildman–Crippen MR) is 96.5 cm³/mol. The lowest BCUT2D eigenvalue weighted by molar-refractivity contribution is -0.117. The van der Waals surface area contributed by atoms with E-state index in [2.05, 4.69) is 20.4 Å². The monoisotopic (exact) mass is 359 g/mol. The highest BCUT2D eigenvalue weighted by atomic mass is 16.5. The van der Waals surface area contributed by atoms with Gasteiger partial charge in [0.05, 0.1) is 19.4 Å². The molecule has 0 aromatic carbocycles. The summed E-state index contributed by atoms with van der Waals surface area (Å²) >= 11 is 0. The highest BCUT2D eigenvalue weighted by molar-refractivity contribution is 5.93. The topological polar surface area (TPSA) is 105 Å². The van der Waals surface area contributed by atoms with Gasteiger partial charge in [0.1, 0.15) is 12.2 Å². The molecule has 0 aliphatic carbocycles. The smallest absolute Gasteiger partial charge is 0.267 e. The molecule has 1 fully saturated rings. The van der Waals surface area contributed by atoms with Crippen LogP contribution < -0.4 is 20.7 Å². The molecule has 26 heavy (non-hydrogen) atoms. The van der Waals surface area contributed by atoms with Crippen molar-refractivity contribution in [3.05, 3.63) is 34.9 Å². The van der Waals surface area contributed by atoms with Crippen molar-refractivity contribution >= 4 is 23.4 Å². The summed E-state index contributed by atoms with van der Waals surface area (Å²) in [5.41, 5.74) is 0.135. The van der Waals surface area contributed by atoms with E-state index in [0.29, 0.717) is 30.7 Å². The van der Waals surface area contributed by atoms with Crippen molar-refractivity contribution in [2.45, 2.75) is 6.54 Å². The number of hydrogen-bond acceptors (Lipinski definition) is 8. The Balaban J connectivity index is 1.77. The van der Waals surface area contributed by atoms with Crippen LogP contribution in [-0.4, -0.2) is 66.1 Å². The molecule has 1 amide bonds. The first kappa shape index (κ1) is 17.8. The van der Waals surface area contributed by atoms with Crippen LogP contribution in [0.5, 0.6) is 0 Å². The summed E-state index contributed by atoms with van der Waals surface area (Å²) in [5.74, 6) is 0.802. The van der Waals surface area contributed by atoms with Gasteiger partial charge in [-0.1, -0.05) is 0 Å². The molecule has 1 aliphatic rings. The number of hydrogen-bond donors (Lipinski definition) is 1. The minimum absolute atomic E-state index is 0.183. The molecule has 0 unspecified atom stereocenters. The van der Waals surface area contributed by atoms with E-state index in [-0.39, 0.29) is 18.0 Å². The van der Waals surface area contributed by atoms with Crippen molar-refractivity contribution in [2.75, 3.05) is 55.5 Å². The van der Waals surface area contributed by atoms with Crippen LogP contribution in [0.4, 0.5) is 17.5 Å². The van der Waals surface area contributed by atoms with Crippen LogP contribution >= 0.6 is 0 Å². The van der Waals surface area contributed by atoms with Crippen molar-refractivity contribution < 1.29 is 9.53 Å². The molecule has 0 radical (unpaired) electrons. The molecule has 0 spiro atoms. The number of anilines is 3. The highest BCUT2D eigenvalue weighted by Crippen LogP contribution is 2.24. The molecule has 0 saturated carbocycles. The molecular formula is C16H21N7O3. The predicted octanol–water partition coefficient (Wildman–Crippen LogP) is -0.425. The second kappa shape index (κ2) is 7.91. The zero-order valence-corrected chi connectivity index (χ0v) is 14.8. The van der Waals surface area contributed by atoms with E-state index in [1.807, 2.05) is 19.0 Å². The van der Waals surface area contributed by atoms with E-state index < -0.39 is 0 Å². The van der Waals surface area contributed by atoms with Crippen LogP contribution in [0.2, 0.25) is 0 Å². The summed E-state index contributed by atoms with van der Waals surface area (Å²) in [4.78, 5) is 36.7. The van der Waals surface area contributed by atoms with Crippen molar-refractivity contribution in [2.24, 2.45) is 0 Å². The Morgan fingerprint density at radius 3 is 2.81 bits per heavy atom. The Labute approximate surface area is 150 Å². The summed E-state index contributed by atoms with van der Waals surface area (Å²) in [7, 11) is 3.68. The van der Waals surface area contributed by atoms with Gasteiger partial charge in [0.2, 0.25) is 11.9 Å². The molecule has 1 N–H and O–H groups in total. The summed E-state index contributed by atoms with van der Waals surface area (Å²) < 4.78 is 6.43. The zero-order chi connectivity index (χ0) is 18.5. The maximum Gasteiger partial charge on any atom is 0.267 e. The fraction of sp³-hybridized carbons (Fsp3) is 0.438. The van der Waals surface area contributed by atoms with Gasteiger partial charge in [-0.3, -0.25) is 9.59 Å². The van der Waals surface area contributed by atoms with E-state index in [1.54, 1.807) is 11.1 Å². The number of carbonyl (C=O) groups excluding carboxylic acids is 1. The van der Waals surface area contributed by atoms with Crippen molar-refractivity contribution in [3.8, 4) is 0 Å². The number of ether oxygens (including phenoxy) is 1. The summed E-state index contributed by atoms with van der Waals surface area (Å²) in [6.07, 6.45) is 3.03. The molecule has 10 nitrogen and oxygen atoms in total. The number of nitrogens with one attached hydrogen (secondary N) is 1. The van der Waals surface area contributed by atoms with Crippen molar-refractivity contribution in [3.63, 3.8) is 0 Å². The Bertz CT molecular complexity index is 831. The van der Waals surface area contributed by atoms with Gasteiger partial charge in [0, 0.05) is 39.4 Å². The number of morpholine rings is 1. The molecule has 3 rings (SSSR count).